The standard InChI is InChI=1S/C15H16O2S/c1-10-7-8-13(18-10)14(16)12-6-2-4-11-5-3-9-17-15(11)12/h2,4,6-8,14,16H,3,5,9H2,1H3. The maximum absolute atomic E-state index is 10.5. The van der Waals surface area contributed by atoms with Gasteiger partial charge in [0, 0.05) is 15.3 Å². The zero-order valence-corrected chi connectivity index (χ0v) is 11.2. The minimum Gasteiger partial charge on any atom is -0.493 e. The molecule has 2 heterocycles. The van der Waals surface area contributed by atoms with Gasteiger partial charge in [-0.3, -0.25) is 0 Å². The quantitative estimate of drug-likeness (QED) is 0.896. The van der Waals surface area contributed by atoms with Crippen LogP contribution >= 0.6 is 11.3 Å². The van der Waals surface area contributed by atoms with Crippen LogP contribution in [0.2, 0.25) is 0 Å². The second-order valence-corrected chi connectivity index (χ2v) is 5.96. The zero-order chi connectivity index (χ0) is 12.5. The molecule has 0 aliphatic carbocycles. The fourth-order valence-corrected chi connectivity index (χ4v) is 3.27. The summed E-state index contributed by atoms with van der Waals surface area (Å²) in [5, 5.41) is 10.5. The van der Waals surface area contributed by atoms with Gasteiger partial charge in [-0.1, -0.05) is 18.2 Å². The van der Waals surface area contributed by atoms with E-state index in [0.29, 0.717) is 0 Å². The third-order valence-electron chi connectivity index (χ3n) is 3.29. The Morgan fingerprint density at radius 1 is 1.28 bits per heavy atom. The number of rotatable bonds is 2. The van der Waals surface area contributed by atoms with Gasteiger partial charge in [0.2, 0.25) is 0 Å². The maximum Gasteiger partial charge on any atom is 0.128 e. The smallest absolute Gasteiger partial charge is 0.128 e. The first kappa shape index (κ1) is 11.8. The van der Waals surface area contributed by atoms with Crippen molar-refractivity contribution in [1.82, 2.24) is 0 Å². The molecule has 2 nitrogen and oxygen atoms in total. The fraction of sp³-hybridized carbons (Fsp3) is 0.333. The van der Waals surface area contributed by atoms with Gasteiger partial charge in [-0.2, -0.15) is 0 Å². The molecule has 0 bridgehead atoms. The van der Waals surface area contributed by atoms with Crippen molar-refractivity contribution in [3.63, 3.8) is 0 Å². The van der Waals surface area contributed by atoms with Crippen LogP contribution < -0.4 is 4.74 Å². The molecule has 1 unspecified atom stereocenters. The normalized spacial score (nSPS) is 15.9. The van der Waals surface area contributed by atoms with Crippen molar-refractivity contribution in [3.05, 3.63) is 51.2 Å². The second kappa shape index (κ2) is 4.75. The van der Waals surface area contributed by atoms with Crippen molar-refractivity contribution in [1.29, 1.82) is 0 Å². The topological polar surface area (TPSA) is 29.5 Å². The van der Waals surface area contributed by atoms with Crippen molar-refractivity contribution in [2.75, 3.05) is 6.61 Å². The lowest BCUT2D eigenvalue weighted by atomic mass is 9.99. The first-order valence-electron chi connectivity index (χ1n) is 6.24. The predicted molar refractivity (Wildman–Crippen MR) is 73.4 cm³/mol. The van der Waals surface area contributed by atoms with E-state index in [1.54, 1.807) is 11.3 Å². The maximum atomic E-state index is 10.5. The van der Waals surface area contributed by atoms with Crippen LogP contribution in [0.25, 0.3) is 0 Å². The molecule has 0 spiro atoms. The molecule has 1 atom stereocenters. The number of thiophene rings is 1. The van der Waals surface area contributed by atoms with Crippen molar-refractivity contribution in [2.45, 2.75) is 25.9 Å². The Morgan fingerprint density at radius 2 is 2.17 bits per heavy atom. The van der Waals surface area contributed by atoms with E-state index in [1.807, 2.05) is 24.3 Å². The molecular weight excluding hydrogens is 244 g/mol. The summed E-state index contributed by atoms with van der Waals surface area (Å²) in [4.78, 5) is 2.20. The van der Waals surface area contributed by atoms with Crippen molar-refractivity contribution < 1.29 is 9.84 Å². The number of aliphatic hydroxyl groups excluding tert-OH is 1. The fourth-order valence-electron chi connectivity index (χ4n) is 2.38. The molecule has 2 aromatic rings. The lowest BCUT2D eigenvalue weighted by molar-refractivity contribution is 0.210. The Bertz CT molecular complexity index is 559. The summed E-state index contributed by atoms with van der Waals surface area (Å²) in [6.45, 7) is 2.80. The largest absolute Gasteiger partial charge is 0.493 e. The third kappa shape index (κ3) is 2.04. The van der Waals surface area contributed by atoms with E-state index in [2.05, 4.69) is 13.0 Å². The highest BCUT2D eigenvalue weighted by molar-refractivity contribution is 7.12. The minimum atomic E-state index is -0.572. The highest BCUT2D eigenvalue weighted by Crippen LogP contribution is 2.37. The summed E-state index contributed by atoms with van der Waals surface area (Å²) >= 11 is 1.64. The Hall–Kier alpha value is -1.32. The molecule has 18 heavy (non-hydrogen) atoms. The number of benzene rings is 1. The molecule has 1 aliphatic rings. The van der Waals surface area contributed by atoms with Crippen molar-refractivity contribution in [2.24, 2.45) is 0 Å². The Labute approximate surface area is 111 Å². The van der Waals surface area contributed by atoms with Crippen LogP contribution in [0.5, 0.6) is 5.75 Å². The average molecular weight is 260 g/mol. The summed E-state index contributed by atoms with van der Waals surface area (Å²) < 4.78 is 5.75. The van der Waals surface area contributed by atoms with Gasteiger partial charge in [-0.15, -0.1) is 11.3 Å². The van der Waals surface area contributed by atoms with Gasteiger partial charge in [0.05, 0.1) is 6.61 Å². The highest BCUT2D eigenvalue weighted by Gasteiger charge is 2.21. The van der Waals surface area contributed by atoms with Crippen molar-refractivity contribution >= 4 is 11.3 Å². The van der Waals surface area contributed by atoms with Gasteiger partial charge in [0.1, 0.15) is 11.9 Å². The van der Waals surface area contributed by atoms with E-state index in [1.165, 1.54) is 10.4 Å². The van der Waals surface area contributed by atoms with Crippen LogP contribution in [-0.2, 0) is 6.42 Å². The van der Waals surface area contributed by atoms with Crippen molar-refractivity contribution in [3.8, 4) is 5.75 Å². The molecule has 0 saturated carbocycles. The number of ether oxygens (including phenoxy) is 1. The number of fused-ring (bicyclic) bond motifs is 1. The van der Waals surface area contributed by atoms with Gasteiger partial charge < -0.3 is 9.84 Å². The lowest BCUT2D eigenvalue weighted by Crippen LogP contribution is -2.12. The average Bonchev–Trinajstić information content (AvgIpc) is 2.84. The van der Waals surface area contributed by atoms with E-state index >= 15 is 0 Å². The van der Waals surface area contributed by atoms with Crippen LogP contribution in [0.15, 0.2) is 30.3 Å². The van der Waals surface area contributed by atoms with E-state index in [9.17, 15) is 5.11 Å². The van der Waals surface area contributed by atoms with Gasteiger partial charge >= 0.3 is 0 Å². The molecule has 3 heteroatoms. The molecule has 0 fully saturated rings. The van der Waals surface area contributed by atoms with E-state index in [-0.39, 0.29) is 0 Å². The van der Waals surface area contributed by atoms with Crippen LogP contribution in [0.1, 0.15) is 33.4 Å². The number of hydrogen-bond donors (Lipinski definition) is 1. The van der Waals surface area contributed by atoms with E-state index in [0.717, 1.165) is 35.6 Å². The zero-order valence-electron chi connectivity index (χ0n) is 10.3. The Balaban J connectivity index is 2.01. The first-order chi connectivity index (χ1) is 8.75. The van der Waals surface area contributed by atoms with Gasteiger partial charge in [0.15, 0.2) is 0 Å². The van der Waals surface area contributed by atoms with Crippen LogP contribution in [-0.4, -0.2) is 11.7 Å². The summed E-state index contributed by atoms with van der Waals surface area (Å²) in [6.07, 6.45) is 1.53. The number of para-hydroxylation sites is 1. The lowest BCUT2D eigenvalue weighted by Gasteiger charge is -2.22. The summed E-state index contributed by atoms with van der Waals surface area (Å²) in [5.41, 5.74) is 2.11. The highest BCUT2D eigenvalue weighted by atomic mass is 32.1. The molecule has 0 radical (unpaired) electrons. The third-order valence-corrected chi connectivity index (χ3v) is 4.34. The minimum absolute atomic E-state index is 0.572. The SMILES string of the molecule is Cc1ccc(C(O)c2cccc3c2OCCC3)s1. The molecule has 0 saturated heterocycles. The molecule has 0 amide bonds. The molecule has 1 aliphatic heterocycles. The number of aliphatic hydroxyl groups is 1. The van der Waals surface area contributed by atoms with Gasteiger partial charge in [-0.05, 0) is 37.5 Å². The molecule has 1 N–H and O–H groups in total. The van der Waals surface area contributed by atoms with Crippen LogP contribution in [0, 0.1) is 6.92 Å². The van der Waals surface area contributed by atoms with E-state index in [4.69, 9.17) is 4.74 Å². The van der Waals surface area contributed by atoms with Gasteiger partial charge in [-0.25, -0.2) is 0 Å². The summed E-state index contributed by atoms with van der Waals surface area (Å²) in [5.74, 6) is 0.891. The molecule has 1 aromatic heterocycles. The van der Waals surface area contributed by atoms with Crippen LogP contribution in [0.3, 0.4) is 0 Å². The summed E-state index contributed by atoms with van der Waals surface area (Å²) in [7, 11) is 0. The number of aryl methyl sites for hydroxylation is 2. The summed E-state index contributed by atoms with van der Waals surface area (Å²) in [6, 6.07) is 10.1. The van der Waals surface area contributed by atoms with E-state index < -0.39 is 6.10 Å². The molecular formula is C15H16O2S. The van der Waals surface area contributed by atoms with Gasteiger partial charge in [0.25, 0.3) is 0 Å². The second-order valence-electron chi connectivity index (χ2n) is 4.64. The first-order valence-corrected chi connectivity index (χ1v) is 7.06. The monoisotopic (exact) mass is 260 g/mol. The molecule has 1 aromatic carbocycles. The molecule has 3 rings (SSSR count). The molecule has 94 valence electrons. The Kier molecular flexibility index (Phi) is 3.10. The predicted octanol–water partition coefficient (Wildman–Crippen LogP) is 3.46. The number of hydrogen-bond acceptors (Lipinski definition) is 3. The Morgan fingerprint density at radius 3 is 2.94 bits per heavy atom. The van der Waals surface area contributed by atoms with Crippen LogP contribution in [0.4, 0.5) is 0 Å².